The van der Waals surface area contributed by atoms with Crippen LogP contribution in [0.3, 0.4) is 0 Å². The van der Waals surface area contributed by atoms with Crippen LogP contribution in [0.1, 0.15) is 51.7 Å². The lowest BCUT2D eigenvalue weighted by Crippen LogP contribution is -2.21. The summed E-state index contributed by atoms with van der Waals surface area (Å²) in [5, 5.41) is 3.56. The van der Waals surface area contributed by atoms with Gasteiger partial charge in [0, 0.05) is 13.1 Å². The second-order valence-electron chi connectivity index (χ2n) is 6.86. The molecule has 0 unspecified atom stereocenters. The summed E-state index contributed by atoms with van der Waals surface area (Å²) < 4.78 is 0. The maximum absolute atomic E-state index is 3.56. The van der Waals surface area contributed by atoms with E-state index >= 15 is 0 Å². The molecule has 1 saturated carbocycles. The van der Waals surface area contributed by atoms with Crippen molar-refractivity contribution in [2.45, 2.75) is 52.5 Å². The van der Waals surface area contributed by atoms with Crippen LogP contribution in [0, 0.1) is 5.41 Å². The molecule has 0 aliphatic heterocycles. The smallest absolute Gasteiger partial charge is 0.0205 e. The highest BCUT2D eigenvalue weighted by Gasteiger charge is 2.36. The Bertz CT molecular complexity index is 366. The lowest BCUT2D eigenvalue weighted by molar-refractivity contribution is 0.499. The molecule has 17 heavy (non-hydrogen) atoms. The van der Waals surface area contributed by atoms with E-state index in [0.717, 1.165) is 13.1 Å². The molecule has 0 heterocycles. The zero-order chi connectivity index (χ0) is 12.5. The SMILES string of the molecule is CC1(CNCc2ccc(C(C)(C)C)cc2)CC1. The fraction of sp³-hybridized carbons (Fsp3) is 0.625. The Hall–Kier alpha value is -0.820. The van der Waals surface area contributed by atoms with Crippen molar-refractivity contribution in [3.8, 4) is 0 Å². The largest absolute Gasteiger partial charge is 0.312 e. The number of nitrogens with one attached hydrogen (secondary N) is 1. The predicted molar refractivity (Wildman–Crippen MR) is 74.2 cm³/mol. The van der Waals surface area contributed by atoms with Crippen LogP contribution in [0.5, 0.6) is 0 Å². The van der Waals surface area contributed by atoms with Crippen molar-refractivity contribution in [3.63, 3.8) is 0 Å². The molecule has 0 atom stereocenters. The van der Waals surface area contributed by atoms with Crippen LogP contribution in [-0.2, 0) is 12.0 Å². The van der Waals surface area contributed by atoms with Gasteiger partial charge in [0.05, 0.1) is 0 Å². The van der Waals surface area contributed by atoms with Gasteiger partial charge >= 0.3 is 0 Å². The minimum atomic E-state index is 0.257. The minimum absolute atomic E-state index is 0.257. The molecule has 1 nitrogen and oxygen atoms in total. The lowest BCUT2D eigenvalue weighted by Gasteiger charge is -2.19. The molecule has 0 radical (unpaired) electrons. The minimum Gasteiger partial charge on any atom is -0.312 e. The second-order valence-corrected chi connectivity index (χ2v) is 6.86. The Morgan fingerprint density at radius 1 is 1.12 bits per heavy atom. The molecular formula is C16H25N. The third kappa shape index (κ3) is 3.57. The molecule has 0 amide bonds. The van der Waals surface area contributed by atoms with Gasteiger partial charge in [-0.1, -0.05) is 52.0 Å². The normalized spacial score (nSPS) is 18.1. The summed E-state index contributed by atoms with van der Waals surface area (Å²) in [4.78, 5) is 0. The summed E-state index contributed by atoms with van der Waals surface area (Å²) >= 11 is 0. The Balaban J connectivity index is 1.85. The number of hydrogen-bond donors (Lipinski definition) is 1. The molecule has 0 spiro atoms. The molecule has 0 bridgehead atoms. The van der Waals surface area contributed by atoms with E-state index in [1.807, 2.05) is 0 Å². The van der Waals surface area contributed by atoms with E-state index in [1.54, 1.807) is 0 Å². The number of rotatable bonds is 4. The predicted octanol–water partition coefficient (Wildman–Crippen LogP) is 3.87. The Kier molecular flexibility index (Phi) is 3.31. The van der Waals surface area contributed by atoms with Crippen molar-refractivity contribution in [3.05, 3.63) is 35.4 Å². The summed E-state index contributed by atoms with van der Waals surface area (Å²) in [5.74, 6) is 0. The molecular weight excluding hydrogens is 206 g/mol. The molecule has 1 aromatic carbocycles. The summed E-state index contributed by atoms with van der Waals surface area (Å²) in [5.41, 5.74) is 3.66. The standard InChI is InChI=1S/C16H25N/c1-15(2,3)14-7-5-13(6-8-14)11-17-12-16(4)9-10-16/h5-8,17H,9-12H2,1-4H3. The van der Waals surface area contributed by atoms with Crippen molar-refractivity contribution < 1.29 is 0 Å². The first-order chi connectivity index (χ1) is 7.89. The molecule has 2 rings (SSSR count). The van der Waals surface area contributed by atoms with Crippen LogP contribution in [0.4, 0.5) is 0 Å². The molecule has 94 valence electrons. The first-order valence-corrected chi connectivity index (χ1v) is 6.69. The topological polar surface area (TPSA) is 12.0 Å². The van der Waals surface area contributed by atoms with Crippen molar-refractivity contribution in [2.75, 3.05) is 6.54 Å². The highest BCUT2D eigenvalue weighted by Crippen LogP contribution is 2.44. The fourth-order valence-corrected chi connectivity index (χ4v) is 2.02. The van der Waals surface area contributed by atoms with Gasteiger partial charge in [-0.2, -0.15) is 0 Å². The van der Waals surface area contributed by atoms with E-state index in [-0.39, 0.29) is 5.41 Å². The number of benzene rings is 1. The van der Waals surface area contributed by atoms with E-state index in [2.05, 4.69) is 57.3 Å². The monoisotopic (exact) mass is 231 g/mol. The van der Waals surface area contributed by atoms with Crippen LogP contribution in [0.15, 0.2) is 24.3 Å². The summed E-state index contributed by atoms with van der Waals surface area (Å²) in [6, 6.07) is 9.03. The molecule has 1 aliphatic rings. The van der Waals surface area contributed by atoms with Crippen molar-refractivity contribution in [1.29, 1.82) is 0 Å². The van der Waals surface area contributed by atoms with Gasteiger partial charge < -0.3 is 5.32 Å². The molecule has 0 aromatic heterocycles. The summed E-state index contributed by atoms with van der Waals surface area (Å²) in [6.45, 7) is 11.3. The molecule has 1 aliphatic carbocycles. The Morgan fingerprint density at radius 3 is 2.18 bits per heavy atom. The first-order valence-electron chi connectivity index (χ1n) is 6.69. The Labute approximate surface area is 106 Å². The molecule has 0 saturated heterocycles. The van der Waals surface area contributed by atoms with E-state index < -0.39 is 0 Å². The van der Waals surface area contributed by atoms with E-state index in [9.17, 15) is 0 Å². The van der Waals surface area contributed by atoms with Crippen LogP contribution in [0.2, 0.25) is 0 Å². The second kappa shape index (κ2) is 4.45. The van der Waals surface area contributed by atoms with Crippen molar-refractivity contribution >= 4 is 0 Å². The number of hydrogen-bond acceptors (Lipinski definition) is 1. The molecule has 1 N–H and O–H groups in total. The van der Waals surface area contributed by atoms with Gasteiger partial charge in [0.15, 0.2) is 0 Å². The molecule has 1 fully saturated rings. The maximum atomic E-state index is 3.56. The van der Waals surface area contributed by atoms with E-state index in [0.29, 0.717) is 5.41 Å². The molecule has 1 heteroatoms. The zero-order valence-electron chi connectivity index (χ0n) is 11.6. The van der Waals surface area contributed by atoms with Gasteiger partial charge in [0.1, 0.15) is 0 Å². The average molecular weight is 231 g/mol. The summed E-state index contributed by atoms with van der Waals surface area (Å²) in [7, 11) is 0. The average Bonchev–Trinajstić information content (AvgIpc) is 2.96. The van der Waals surface area contributed by atoms with Gasteiger partial charge in [0.25, 0.3) is 0 Å². The van der Waals surface area contributed by atoms with E-state index in [4.69, 9.17) is 0 Å². The summed E-state index contributed by atoms with van der Waals surface area (Å²) in [6.07, 6.45) is 2.78. The van der Waals surface area contributed by atoms with E-state index in [1.165, 1.54) is 24.0 Å². The maximum Gasteiger partial charge on any atom is 0.0205 e. The van der Waals surface area contributed by atoms with Crippen LogP contribution >= 0.6 is 0 Å². The van der Waals surface area contributed by atoms with Crippen LogP contribution in [0.25, 0.3) is 0 Å². The third-order valence-corrected chi connectivity index (χ3v) is 3.80. The van der Waals surface area contributed by atoms with Gasteiger partial charge in [-0.05, 0) is 34.8 Å². The molecule has 1 aromatic rings. The third-order valence-electron chi connectivity index (χ3n) is 3.80. The van der Waals surface area contributed by atoms with Gasteiger partial charge in [-0.3, -0.25) is 0 Å². The highest BCUT2D eigenvalue weighted by atomic mass is 14.9. The lowest BCUT2D eigenvalue weighted by atomic mass is 9.87. The van der Waals surface area contributed by atoms with Gasteiger partial charge in [-0.25, -0.2) is 0 Å². The fourth-order valence-electron chi connectivity index (χ4n) is 2.02. The van der Waals surface area contributed by atoms with Crippen LogP contribution < -0.4 is 5.32 Å². The zero-order valence-corrected chi connectivity index (χ0v) is 11.6. The Morgan fingerprint density at radius 2 is 1.71 bits per heavy atom. The van der Waals surface area contributed by atoms with Gasteiger partial charge in [0.2, 0.25) is 0 Å². The van der Waals surface area contributed by atoms with Crippen molar-refractivity contribution in [2.24, 2.45) is 5.41 Å². The quantitative estimate of drug-likeness (QED) is 0.829. The highest BCUT2D eigenvalue weighted by molar-refractivity contribution is 5.27. The van der Waals surface area contributed by atoms with Gasteiger partial charge in [-0.15, -0.1) is 0 Å². The van der Waals surface area contributed by atoms with Crippen molar-refractivity contribution in [1.82, 2.24) is 5.32 Å². The van der Waals surface area contributed by atoms with Crippen LogP contribution in [-0.4, -0.2) is 6.54 Å². The first kappa shape index (κ1) is 12.6.